The Kier molecular flexibility index (Phi) is 6.61. The van der Waals surface area contributed by atoms with Gasteiger partial charge in [0.2, 0.25) is 0 Å². The van der Waals surface area contributed by atoms with E-state index in [2.05, 4.69) is 37.6 Å². The second-order valence-corrected chi connectivity index (χ2v) is 2.97. The van der Waals surface area contributed by atoms with Crippen molar-refractivity contribution in [3.05, 3.63) is 22.4 Å². The van der Waals surface area contributed by atoms with Crippen molar-refractivity contribution < 1.29 is 0 Å². The van der Waals surface area contributed by atoms with Gasteiger partial charge in [-0.2, -0.15) is 11.3 Å². The van der Waals surface area contributed by atoms with Gasteiger partial charge in [0, 0.05) is 0 Å². The molecule has 0 atom stereocenters. The third kappa shape index (κ3) is 4.57. The van der Waals surface area contributed by atoms with E-state index in [1.807, 2.05) is 0 Å². The van der Waals surface area contributed by atoms with Gasteiger partial charge >= 0.3 is 0 Å². The van der Waals surface area contributed by atoms with Crippen molar-refractivity contribution in [2.45, 2.75) is 33.6 Å². The van der Waals surface area contributed by atoms with Gasteiger partial charge in [0.05, 0.1) is 0 Å². The molecule has 1 heterocycles. The fourth-order valence-corrected chi connectivity index (χ4v) is 1.25. The van der Waals surface area contributed by atoms with E-state index in [4.69, 9.17) is 0 Å². The second-order valence-electron chi connectivity index (χ2n) is 2.19. The smallest absolute Gasteiger partial charge is 0.00614 e. The number of aryl methyl sites for hydroxylation is 1. The summed E-state index contributed by atoms with van der Waals surface area (Å²) in [5, 5.41) is 4.29. The molecule has 0 fully saturated rings. The largest absolute Gasteiger partial charge is 0.152 e. The molecule has 0 aliphatic rings. The zero-order valence-electron chi connectivity index (χ0n) is 7.05. The van der Waals surface area contributed by atoms with Crippen molar-refractivity contribution in [2.75, 3.05) is 0 Å². The Hall–Kier alpha value is -0.300. The third-order valence-electron chi connectivity index (χ3n) is 0.988. The van der Waals surface area contributed by atoms with Crippen molar-refractivity contribution in [1.29, 1.82) is 0 Å². The first kappa shape index (κ1) is 9.70. The van der Waals surface area contributed by atoms with Crippen LogP contribution >= 0.6 is 11.3 Å². The van der Waals surface area contributed by atoms with Gasteiger partial charge in [0.15, 0.2) is 0 Å². The van der Waals surface area contributed by atoms with E-state index in [1.165, 1.54) is 18.4 Å². The summed E-state index contributed by atoms with van der Waals surface area (Å²) >= 11 is 1.76. The Morgan fingerprint density at radius 3 is 2.10 bits per heavy atom. The summed E-state index contributed by atoms with van der Waals surface area (Å²) in [6, 6.07) is 2.16. The van der Waals surface area contributed by atoms with Crippen LogP contribution in [0, 0.1) is 0 Å². The Labute approximate surface area is 67.9 Å². The fraction of sp³-hybridized carbons (Fsp3) is 0.556. The average Bonchev–Trinajstić information content (AvgIpc) is 2.39. The third-order valence-corrected chi connectivity index (χ3v) is 1.72. The lowest BCUT2D eigenvalue weighted by Crippen LogP contribution is -1.66. The van der Waals surface area contributed by atoms with Crippen LogP contribution in [-0.4, -0.2) is 0 Å². The maximum atomic E-state index is 2.18. The molecule has 1 rings (SSSR count). The first-order chi connectivity index (χ1) is 4.85. The van der Waals surface area contributed by atoms with E-state index in [9.17, 15) is 0 Å². The van der Waals surface area contributed by atoms with E-state index in [-0.39, 0.29) is 0 Å². The van der Waals surface area contributed by atoms with E-state index < -0.39 is 0 Å². The van der Waals surface area contributed by atoms with Crippen LogP contribution in [0.3, 0.4) is 0 Å². The lowest BCUT2D eigenvalue weighted by Gasteiger charge is -1.78. The Morgan fingerprint density at radius 2 is 1.90 bits per heavy atom. The van der Waals surface area contributed by atoms with Gasteiger partial charge in [0.1, 0.15) is 0 Å². The summed E-state index contributed by atoms with van der Waals surface area (Å²) in [6.07, 6.45) is 2.42. The molecule has 10 heavy (non-hydrogen) atoms. The predicted molar refractivity (Wildman–Crippen MR) is 49.7 cm³/mol. The van der Waals surface area contributed by atoms with Crippen molar-refractivity contribution in [2.24, 2.45) is 0 Å². The van der Waals surface area contributed by atoms with E-state index in [1.54, 1.807) is 11.3 Å². The quantitative estimate of drug-likeness (QED) is 0.581. The molecule has 0 N–H and O–H groups in total. The number of rotatable bonds is 1. The average molecular weight is 156 g/mol. The van der Waals surface area contributed by atoms with E-state index in [0.717, 1.165) is 0 Å². The van der Waals surface area contributed by atoms with Gasteiger partial charge in [0.25, 0.3) is 0 Å². The molecule has 0 bridgehead atoms. The molecular formula is C9H16S. The second kappa shape index (κ2) is 6.81. The van der Waals surface area contributed by atoms with E-state index in [0.29, 0.717) is 0 Å². The highest BCUT2D eigenvalue weighted by atomic mass is 32.1. The molecule has 0 amide bonds. The zero-order valence-corrected chi connectivity index (χ0v) is 7.87. The Morgan fingerprint density at radius 1 is 1.30 bits per heavy atom. The van der Waals surface area contributed by atoms with Crippen molar-refractivity contribution in [3.8, 4) is 0 Å². The van der Waals surface area contributed by atoms with Crippen molar-refractivity contribution in [1.82, 2.24) is 0 Å². The topological polar surface area (TPSA) is 0 Å². The SMILES string of the molecule is CCC.CCc1ccsc1. The van der Waals surface area contributed by atoms with Gasteiger partial charge in [-0.25, -0.2) is 0 Å². The Bertz CT molecular complexity index is 130. The van der Waals surface area contributed by atoms with Gasteiger partial charge < -0.3 is 0 Å². The van der Waals surface area contributed by atoms with Crippen molar-refractivity contribution >= 4 is 11.3 Å². The summed E-state index contributed by atoms with van der Waals surface area (Å²) < 4.78 is 0. The summed E-state index contributed by atoms with van der Waals surface area (Å²) in [6.45, 7) is 6.42. The number of thiophene rings is 1. The van der Waals surface area contributed by atoms with Crippen LogP contribution in [0.15, 0.2) is 16.8 Å². The molecule has 0 spiro atoms. The number of hydrogen-bond acceptors (Lipinski definition) is 1. The molecule has 0 aliphatic heterocycles. The zero-order chi connectivity index (χ0) is 7.82. The molecule has 0 saturated heterocycles. The van der Waals surface area contributed by atoms with Gasteiger partial charge in [-0.05, 0) is 28.8 Å². The van der Waals surface area contributed by atoms with Crippen LogP contribution in [-0.2, 0) is 6.42 Å². The lowest BCUT2D eigenvalue weighted by atomic mass is 10.3. The first-order valence-corrected chi connectivity index (χ1v) is 4.80. The van der Waals surface area contributed by atoms with Gasteiger partial charge in [-0.1, -0.05) is 27.2 Å². The summed E-state index contributed by atoms with van der Waals surface area (Å²) in [5.41, 5.74) is 1.45. The van der Waals surface area contributed by atoms with Crippen LogP contribution in [0.5, 0.6) is 0 Å². The summed E-state index contributed by atoms with van der Waals surface area (Å²) in [7, 11) is 0. The maximum Gasteiger partial charge on any atom is -0.00614 e. The molecule has 0 saturated carbocycles. The highest BCUT2D eigenvalue weighted by Gasteiger charge is 1.82. The minimum Gasteiger partial charge on any atom is -0.152 e. The van der Waals surface area contributed by atoms with Crippen LogP contribution in [0.2, 0.25) is 0 Å². The molecule has 1 heteroatoms. The molecular weight excluding hydrogens is 140 g/mol. The Balaban J connectivity index is 0.000000236. The monoisotopic (exact) mass is 156 g/mol. The maximum absolute atomic E-state index is 2.18. The summed E-state index contributed by atoms with van der Waals surface area (Å²) in [4.78, 5) is 0. The molecule has 0 unspecified atom stereocenters. The van der Waals surface area contributed by atoms with Gasteiger partial charge in [-0.3, -0.25) is 0 Å². The van der Waals surface area contributed by atoms with Crippen LogP contribution in [0.25, 0.3) is 0 Å². The fourth-order valence-electron chi connectivity index (χ4n) is 0.494. The number of hydrogen-bond donors (Lipinski definition) is 0. The van der Waals surface area contributed by atoms with E-state index >= 15 is 0 Å². The van der Waals surface area contributed by atoms with Gasteiger partial charge in [-0.15, -0.1) is 0 Å². The standard InChI is InChI=1S/C6H8S.C3H8/c1-2-6-3-4-7-5-6;1-3-2/h3-5H,2H2,1H3;3H2,1-2H3. The predicted octanol–water partition coefficient (Wildman–Crippen LogP) is 3.73. The normalized spacial score (nSPS) is 8.30. The molecule has 0 aromatic carbocycles. The highest BCUT2D eigenvalue weighted by Crippen LogP contribution is 2.04. The lowest BCUT2D eigenvalue weighted by molar-refractivity contribution is 1.09. The van der Waals surface area contributed by atoms with Crippen LogP contribution < -0.4 is 0 Å². The summed E-state index contributed by atoms with van der Waals surface area (Å²) in [5.74, 6) is 0. The molecule has 0 radical (unpaired) electrons. The van der Waals surface area contributed by atoms with Crippen LogP contribution in [0.1, 0.15) is 32.8 Å². The van der Waals surface area contributed by atoms with Crippen molar-refractivity contribution in [3.63, 3.8) is 0 Å². The molecule has 0 nitrogen and oxygen atoms in total. The van der Waals surface area contributed by atoms with Crippen LogP contribution in [0.4, 0.5) is 0 Å². The highest BCUT2D eigenvalue weighted by molar-refractivity contribution is 7.07. The molecule has 1 aromatic rings. The first-order valence-electron chi connectivity index (χ1n) is 3.86. The minimum atomic E-state index is 1.17. The molecule has 0 aliphatic carbocycles. The molecule has 58 valence electrons. The minimum absolute atomic E-state index is 1.17. The molecule has 1 aromatic heterocycles.